The van der Waals surface area contributed by atoms with Crippen LogP contribution in [0.2, 0.25) is 5.02 Å². The largest absolute Gasteiger partial charge is 0.486 e. The normalized spacial score (nSPS) is 15.5. The predicted molar refractivity (Wildman–Crippen MR) is 136 cm³/mol. The van der Waals surface area contributed by atoms with Gasteiger partial charge in [-0.05, 0) is 43.2 Å². The first-order chi connectivity index (χ1) is 17.0. The SMILES string of the molecule is CCC(=O)N1CCCC(Nc2ncnc(N)c2C(=N)c2ccc(OCc3ccccn3)c(Cl)c2)C1. The van der Waals surface area contributed by atoms with Crippen molar-refractivity contribution in [3.63, 3.8) is 0 Å². The van der Waals surface area contributed by atoms with Gasteiger partial charge in [-0.15, -0.1) is 0 Å². The Morgan fingerprint density at radius 2 is 2.14 bits per heavy atom. The molecule has 0 spiro atoms. The highest BCUT2D eigenvalue weighted by molar-refractivity contribution is 6.32. The summed E-state index contributed by atoms with van der Waals surface area (Å²) in [7, 11) is 0. The number of halogens is 1. The molecule has 10 heteroatoms. The first-order valence-electron chi connectivity index (χ1n) is 11.5. The van der Waals surface area contributed by atoms with E-state index in [1.165, 1.54) is 6.33 Å². The Bertz CT molecular complexity index is 1210. The van der Waals surface area contributed by atoms with E-state index in [0.29, 0.717) is 40.7 Å². The van der Waals surface area contributed by atoms with Gasteiger partial charge in [0, 0.05) is 37.3 Å². The number of nitrogen functional groups attached to an aromatic ring is 1. The Hall–Kier alpha value is -3.72. The van der Waals surface area contributed by atoms with Crippen molar-refractivity contribution < 1.29 is 9.53 Å². The number of nitrogens with zero attached hydrogens (tertiary/aromatic N) is 4. The van der Waals surface area contributed by atoms with Crippen LogP contribution in [0.4, 0.5) is 11.6 Å². The number of carbonyl (C=O) groups excluding carboxylic acids is 1. The molecular formula is C25H28ClN7O2. The van der Waals surface area contributed by atoms with Crippen LogP contribution in [0.5, 0.6) is 5.75 Å². The Kier molecular flexibility index (Phi) is 7.77. The zero-order valence-corrected chi connectivity index (χ0v) is 20.3. The number of amides is 1. The van der Waals surface area contributed by atoms with Crippen LogP contribution < -0.4 is 15.8 Å². The summed E-state index contributed by atoms with van der Waals surface area (Å²) in [6.07, 6.45) is 5.33. The summed E-state index contributed by atoms with van der Waals surface area (Å²) in [5.41, 5.74) is 8.05. The molecular weight excluding hydrogens is 466 g/mol. The van der Waals surface area contributed by atoms with Crippen molar-refractivity contribution in [3.8, 4) is 5.75 Å². The van der Waals surface area contributed by atoms with Gasteiger partial charge in [0.15, 0.2) is 0 Å². The lowest BCUT2D eigenvalue weighted by molar-refractivity contribution is -0.131. The molecule has 0 bridgehead atoms. The first-order valence-corrected chi connectivity index (χ1v) is 11.9. The summed E-state index contributed by atoms with van der Waals surface area (Å²) < 4.78 is 5.79. The van der Waals surface area contributed by atoms with Crippen molar-refractivity contribution in [2.24, 2.45) is 0 Å². The molecule has 4 N–H and O–H groups in total. The average Bonchev–Trinajstić information content (AvgIpc) is 2.88. The third kappa shape index (κ3) is 5.86. The highest BCUT2D eigenvalue weighted by atomic mass is 35.5. The maximum Gasteiger partial charge on any atom is 0.222 e. The number of hydrogen-bond acceptors (Lipinski definition) is 8. The fourth-order valence-corrected chi connectivity index (χ4v) is 4.28. The minimum absolute atomic E-state index is 0.00561. The second-order valence-electron chi connectivity index (χ2n) is 8.29. The number of hydrogen-bond donors (Lipinski definition) is 3. The molecule has 1 aliphatic heterocycles. The Balaban J connectivity index is 1.51. The van der Waals surface area contributed by atoms with Crippen molar-refractivity contribution >= 4 is 34.9 Å². The highest BCUT2D eigenvalue weighted by Gasteiger charge is 2.25. The lowest BCUT2D eigenvalue weighted by atomic mass is 10.0. The molecule has 0 aliphatic carbocycles. The minimum atomic E-state index is 0.00561. The molecule has 9 nitrogen and oxygen atoms in total. The zero-order valence-electron chi connectivity index (χ0n) is 19.5. The van der Waals surface area contributed by atoms with E-state index in [2.05, 4.69) is 20.3 Å². The van der Waals surface area contributed by atoms with Gasteiger partial charge in [-0.2, -0.15) is 0 Å². The van der Waals surface area contributed by atoms with Crippen LogP contribution in [-0.4, -0.2) is 50.6 Å². The maximum absolute atomic E-state index is 12.2. The van der Waals surface area contributed by atoms with Crippen LogP contribution in [-0.2, 0) is 11.4 Å². The van der Waals surface area contributed by atoms with Crippen LogP contribution in [0, 0.1) is 5.41 Å². The van der Waals surface area contributed by atoms with Crippen molar-refractivity contribution in [1.82, 2.24) is 19.9 Å². The molecule has 1 aliphatic rings. The monoisotopic (exact) mass is 493 g/mol. The molecule has 1 atom stereocenters. The fraction of sp³-hybridized carbons (Fsp3) is 0.320. The Labute approximate surface area is 209 Å². The number of nitrogens with one attached hydrogen (secondary N) is 2. The molecule has 2 aromatic heterocycles. The molecule has 1 fully saturated rings. The molecule has 1 amide bonds. The molecule has 0 saturated carbocycles. The zero-order chi connectivity index (χ0) is 24.8. The van der Waals surface area contributed by atoms with E-state index in [-0.39, 0.29) is 30.1 Å². The van der Waals surface area contributed by atoms with Crippen molar-refractivity contribution in [2.45, 2.75) is 38.8 Å². The maximum atomic E-state index is 12.2. The lowest BCUT2D eigenvalue weighted by Gasteiger charge is -2.33. The summed E-state index contributed by atoms with van der Waals surface area (Å²) in [4.78, 5) is 26.7. The van der Waals surface area contributed by atoms with Crippen LogP contribution >= 0.6 is 11.6 Å². The smallest absolute Gasteiger partial charge is 0.222 e. The van der Waals surface area contributed by atoms with Gasteiger partial charge in [0.05, 0.1) is 22.0 Å². The molecule has 182 valence electrons. The number of aromatic nitrogens is 3. The molecule has 3 heterocycles. The average molecular weight is 494 g/mol. The van der Waals surface area contributed by atoms with Gasteiger partial charge in [0.2, 0.25) is 5.91 Å². The molecule has 1 saturated heterocycles. The third-order valence-electron chi connectivity index (χ3n) is 5.87. The number of nitrogens with two attached hydrogens (primary N) is 1. The topological polar surface area (TPSA) is 130 Å². The number of carbonyl (C=O) groups is 1. The first kappa shape index (κ1) is 24.4. The number of piperidine rings is 1. The van der Waals surface area contributed by atoms with Gasteiger partial charge in [-0.25, -0.2) is 9.97 Å². The number of ether oxygens (including phenoxy) is 1. The lowest BCUT2D eigenvalue weighted by Crippen LogP contribution is -2.45. The number of rotatable bonds is 8. The second-order valence-corrected chi connectivity index (χ2v) is 8.70. The number of benzene rings is 1. The predicted octanol–water partition coefficient (Wildman–Crippen LogP) is 3.92. The summed E-state index contributed by atoms with van der Waals surface area (Å²) in [6, 6.07) is 10.7. The van der Waals surface area contributed by atoms with Crippen molar-refractivity contribution in [1.29, 1.82) is 5.41 Å². The van der Waals surface area contributed by atoms with Crippen LogP contribution in [0.25, 0.3) is 0 Å². The van der Waals surface area contributed by atoms with Gasteiger partial charge in [-0.3, -0.25) is 15.2 Å². The molecule has 1 unspecified atom stereocenters. The number of likely N-dealkylation sites (tertiary alicyclic amines) is 1. The van der Waals surface area contributed by atoms with Crippen molar-refractivity contribution in [3.05, 3.63) is 70.8 Å². The summed E-state index contributed by atoms with van der Waals surface area (Å²) >= 11 is 6.46. The van der Waals surface area contributed by atoms with E-state index in [1.54, 1.807) is 24.4 Å². The second kappa shape index (κ2) is 11.1. The third-order valence-corrected chi connectivity index (χ3v) is 6.16. The van der Waals surface area contributed by atoms with E-state index < -0.39 is 0 Å². The standard InChI is InChI=1S/C25H28ClN7O2/c1-2-21(34)33-11-5-7-17(13-33)32-25-22(24(28)30-15-31-25)23(27)16-8-9-20(19(26)12-16)35-14-18-6-3-4-10-29-18/h3-4,6,8-10,12,15,17,27H,2,5,7,11,13-14H2,1H3,(H3,28,30,31,32). The number of pyridine rings is 1. The van der Waals surface area contributed by atoms with Crippen molar-refractivity contribution in [2.75, 3.05) is 24.1 Å². The van der Waals surface area contributed by atoms with E-state index in [4.69, 9.17) is 27.5 Å². The molecule has 3 aromatic rings. The summed E-state index contributed by atoms with van der Waals surface area (Å²) in [6.45, 7) is 3.48. The summed E-state index contributed by atoms with van der Waals surface area (Å²) in [5, 5.41) is 12.6. The van der Waals surface area contributed by atoms with E-state index in [1.807, 2.05) is 30.0 Å². The van der Waals surface area contributed by atoms with E-state index in [0.717, 1.165) is 25.1 Å². The summed E-state index contributed by atoms with van der Waals surface area (Å²) in [5.74, 6) is 1.28. The van der Waals surface area contributed by atoms with Crippen LogP contribution in [0.3, 0.4) is 0 Å². The van der Waals surface area contributed by atoms with Gasteiger partial charge in [-0.1, -0.05) is 24.6 Å². The Morgan fingerprint density at radius 3 is 2.89 bits per heavy atom. The van der Waals surface area contributed by atoms with Gasteiger partial charge >= 0.3 is 0 Å². The quantitative estimate of drug-likeness (QED) is 0.405. The van der Waals surface area contributed by atoms with E-state index >= 15 is 0 Å². The number of anilines is 2. The molecule has 35 heavy (non-hydrogen) atoms. The van der Waals surface area contributed by atoms with E-state index in [9.17, 15) is 4.79 Å². The van der Waals surface area contributed by atoms with Gasteiger partial charge in [0.1, 0.15) is 30.3 Å². The van der Waals surface area contributed by atoms with Crippen LogP contribution in [0.15, 0.2) is 48.9 Å². The molecule has 0 radical (unpaired) electrons. The van der Waals surface area contributed by atoms with Gasteiger partial charge in [0.25, 0.3) is 0 Å². The molecule has 1 aromatic carbocycles. The fourth-order valence-electron chi connectivity index (χ4n) is 4.05. The van der Waals surface area contributed by atoms with Crippen LogP contribution in [0.1, 0.15) is 43.0 Å². The Morgan fingerprint density at radius 1 is 1.29 bits per heavy atom. The van der Waals surface area contributed by atoms with Gasteiger partial charge < -0.3 is 20.7 Å². The highest BCUT2D eigenvalue weighted by Crippen LogP contribution is 2.30. The minimum Gasteiger partial charge on any atom is -0.486 e. The molecule has 4 rings (SSSR count).